The zero-order valence-corrected chi connectivity index (χ0v) is 18.5. The quantitative estimate of drug-likeness (QED) is 0.440. The number of thioether (sulfide) groups is 1. The third-order valence-corrected chi connectivity index (χ3v) is 6.96. The number of imide groups is 1. The summed E-state index contributed by atoms with van der Waals surface area (Å²) in [5.41, 5.74) is 4.86. The molecular formula is C22H20N4O3S2. The summed E-state index contributed by atoms with van der Waals surface area (Å²) in [6.07, 6.45) is 0. The summed E-state index contributed by atoms with van der Waals surface area (Å²) in [6.45, 7) is 3.64. The second-order valence-corrected chi connectivity index (χ2v) is 9.33. The van der Waals surface area contributed by atoms with Crippen LogP contribution in [0.1, 0.15) is 18.1 Å². The molecule has 1 atom stereocenters. The summed E-state index contributed by atoms with van der Waals surface area (Å²) in [5.74, 6) is -0.962. The van der Waals surface area contributed by atoms with Crippen molar-refractivity contribution in [3.8, 4) is 11.3 Å². The van der Waals surface area contributed by atoms with E-state index in [9.17, 15) is 14.4 Å². The second-order valence-electron chi connectivity index (χ2n) is 7.25. The number of urea groups is 1. The van der Waals surface area contributed by atoms with Crippen LogP contribution in [-0.2, 0) is 15.1 Å². The maximum Gasteiger partial charge on any atom is 0.344 e. The molecular weight excluding hydrogens is 432 g/mol. The highest BCUT2D eigenvalue weighted by molar-refractivity contribution is 8.01. The van der Waals surface area contributed by atoms with Crippen LogP contribution in [0.4, 0.5) is 4.79 Å². The highest BCUT2D eigenvalue weighted by Gasteiger charge is 2.49. The molecule has 1 fully saturated rings. The van der Waals surface area contributed by atoms with Crippen LogP contribution in [0.2, 0.25) is 0 Å². The Balaban J connectivity index is 1.37. The Labute approximate surface area is 187 Å². The van der Waals surface area contributed by atoms with E-state index >= 15 is 0 Å². The van der Waals surface area contributed by atoms with Crippen molar-refractivity contribution in [1.29, 1.82) is 0 Å². The number of nitrogens with zero attached hydrogens (tertiary/aromatic N) is 2. The van der Waals surface area contributed by atoms with E-state index in [2.05, 4.69) is 15.7 Å². The first-order valence-electron chi connectivity index (χ1n) is 9.54. The third-order valence-electron chi connectivity index (χ3n) is 4.94. The van der Waals surface area contributed by atoms with Crippen molar-refractivity contribution in [2.75, 3.05) is 5.75 Å². The fourth-order valence-electron chi connectivity index (χ4n) is 3.17. The molecule has 7 nitrogen and oxygen atoms in total. The van der Waals surface area contributed by atoms with Crippen LogP contribution >= 0.6 is 23.1 Å². The normalized spacial score (nSPS) is 18.2. The Morgan fingerprint density at radius 3 is 2.58 bits per heavy atom. The van der Waals surface area contributed by atoms with Crippen LogP contribution in [0.15, 0.2) is 64.3 Å². The van der Waals surface area contributed by atoms with Gasteiger partial charge in [0.2, 0.25) is 5.91 Å². The van der Waals surface area contributed by atoms with Gasteiger partial charge in [-0.3, -0.25) is 15.0 Å². The van der Waals surface area contributed by atoms with E-state index in [1.54, 1.807) is 31.2 Å². The van der Waals surface area contributed by atoms with Gasteiger partial charge >= 0.3 is 6.03 Å². The lowest BCUT2D eigenvalue weighted by atomic mass is 9.92. The molecule has 0 saturated carbocycles. The molecule has 1 aliphatic heterocycles. The second kappa shape index (κ2) is 8.52. The lowest BCUT2D eigenvalue weighted by Crippen LogP contribution is -2.48. The number of aromatic nitrogens is 1. The Morgan fingerprint density at radius 1 is 1.16 bits per heavy atom. The van der Waals surface area contributed by atoms with Gasteiger partial charge in [0, 0.05) is 10.9 Å². The Bertz CT molecular complexity index is 1130. The van der Waals surface area contributed by atoms with Gasteiger partial charge < -0.3 is 5.32 Å². The smallest absolute Gasteiger partial charge is 0.318 e. The van der Waals surface area contributed by atoms with Crippen LogP contribution in [0.5, 0.6) is 0 Å². The molecule has 0 radical (unpaired) electrons. The minimum absolute atomic E-state index is 0.0277. The van der Waals surface area contributed by atoms with Crippen molar-refractivity contribution in [3.63, 3.8) is 0 Å². The number of thiazole rings is 1. The summed E-state index contributed by atoms with van der Waals surface area (Å²) >= 11 is 2.70. The number of carbonyl (C=O) groups is 3. The van der Waals surface area contributed by atoms with Crippen molar-refractivity contribution in [1.82, 2.24) is 20.7 Å². The monoisotopic (exact) mass is 452 g/mol. The maximum absolute atomic E-state index is 12.8. The van der Waals surface area contributed by atoms with Gasteiger partial charge in [-0.25, -0.2) is 9.78 Å². The topological polar surface area (TPSA) is 91.4 Å². The number of hydrogen-bond donors (Lipinski definition) is 2. The molecule has 0 aliphatic carbocycles. The van der Waals surface area contributed by atoms with E-state index in [0.29, 0.717) is 5.56 Å². The van der Waals surface area contributed by atoms with E-state index in [1.807, 2.05) is 42.6 Å². The first kappa shape index (κ1) is 21.1. The van der Waals surface area contributed by atoms with Crippen molar-refractivity contribution in [2.45, 2.75) is 23.7 Å². The van der Waals surface area contributed by atoms with Crippen LogP contribution in [-0.4, -0.2) is 33.6 Å². The Hall–Kier alpha value is -3.17. The predicted octanol–water partition coefficient (Wildman–Crippen LogP) is 3.71. The largest absolute Gasteiger partial charge is 0.344 e. The van der Waals surface area contributed by atoms with Crippen LogP contribution in [0.3, 0.4) is 0 Å². The number of benzene rings is 2. The molecule has 1 saturated heterocycles. The van der Waals surface area contributed by atoms with Gasteiger partial charge in [0.15, 0.2) is 4.34 Å². The van der Waals surface area contributed by atoms with Crippen LogP contribution in [0.25, 0.3) is 11.3 Å². The van der Waals surface area contributed by atoms with E-state index in [1.165, 1.54) is 28.7 Å². The summed E-state index contributed by atoms with van der Waals surface area (Å²) in [7, 11) is 0. The van der Waals surface area contributed by atoms with E-state index < -0.39 is 23.4 Å². The zero-order chi connectivity index (χ0) is 22.0. The fourth-order valence-corrected chi connectivity index (χ4v) is 4.80. The van der Waals surface area contributed by atoms with Crippen LogP contribution in [0, 0.1) is 6.92 Å². The number of hydrazine groups is 1. The Morgan fingerprint density at radius 2 is 1.87 bits per heavy atom. The van der Waals surface area contributed by atoms with Gasteiger partial charge in [0.05, 0.1) is 11.4 Å². The summed E-state index contributed by atoms with van der Waals surface area (Å²) in [5, 5.41) is 5.34. The molecule has 0 bridgehead atoms. The lowest BCUT2D eigenvalue weighted by Gasteiger charge is -2.22. The van der Waals surface area contributed by atoms with E-state index in [-0.39, 0.29) is 5.75 Å². The molecule has 2 N–H and O–H groups in total. The first-order chi connectivity index (χ1) is 14.9. The molecule has 31 heavy (non-hydrogen) atoms. The Kier molecular flexibility index (Phi) is 5.79. The average Bonchev–Trinajstić information content (AvgIpc) is 3.33. The highest BCUT2D eigenvalue weighted by Crippen LogP contribution is 2.29. The molecule has 3 aromatic rings. The number of hydrogen-bond acceptors (Lipinski definition) is 6. The molecule has 158 valence electrons. The number of nitrogens with one attached hydrogen (secondary N) is 2. The number of carbonyl (C=O) groups excluding carboxylic acids is 3. The summed E-state index contributed by atoms with van der Waals surface area (Å²) in [6, 6.07) is 16.3. The maximum atomic E-state index is 12.8. The van der Waals surface area contributed by atoms with Gasteiger partial charge in [-0.15, -0.1) is 11.3 Å². The molecule has 9 heteroatoms. The zero-order valence-electron chi connectivity index (χ0n) is 16.9. The molecule has 1 unspecified atom stereocenters. The van der Waals surface area contributed by atoms with Gasteiger partial charge in [-0.05, 0) is 19.4 Å². The van der Waals surface area contributed by atoms with Crippen molar-refractivity contribution in [2.24, 2.45) is 0 Å². The molecule has 4 amide bonds. The number of amides is 4. The SMILES string of the molecule is Cc1ccc(-c2csc(SCC(=O)NN3C(=O)NC(C)(c4ccccc4)C3=O)n2)cc1. The molecule has 1 aromatic heterocycles. The van der Waals surface area contributed by atoms with Gasteiger partial charge in [-0.1, -0.05) is 71.9 Å². The number of aryl methyl sites for hydroxylation is 1. The molecule has 4 rings (SSSR count). The van der Waals surface area contributed by atoms with Gasteiger partial charge in [0.1, 0.15) is 5.54 Å². The molecule has 1 aliphatic rings. The van der Waals surface area contributed by atoms with E-state index in [4.69, 9.17) is 0 Å². The highest BCUT2D eigenvalue weighted by atomic mass is 32.2. The van der Waals surface area contributed by atoms with Crippen molar-refractivity contribution >= 4 is 40.9 Å². The molecule has 0 spiro atoms. The third kappa shape index (κ3) is 4.33. The minimum Gasteiger partial charge on any atom is -0.318 e. The standard InChI is InChI=1S/C22H20N4O3S2/c1-14-8-10-15(11-9-14)17-12-30-21(23-17)31-13-18(27)25-26-19(28)22(2,24-20(26)29)16-6-4-3-5-7-16/h3-12H,13H2,1-2H3,(H,24,29)(H,25,27). The minimum atomic E-state index is -1.23. The lowest BCUT2D eigenvalue weighted by molar-refractivity contribution is -0.138. The van der Waals surface area contributed by atoms with E-state index in [0.717, 1.165) is 20.6 Å². The molecule has 2 heterocycles. The molecule has 2 aromatic carbocycles. The summed E-state index contributed by atoms with van der Waals surface area (Å²) < 4.78 is 0.733. The van der Waals surface area contributed by atoms with Crippen molar-refractivity contribution in [3.05, 3.63) is 71.1 Å². The summed E-state index contributed by atoms with van der Waals surface area (Å²) in [4.78, 5) is 42.1. The number of rotatable bonds is 6. The van der Waals surface area contributed by atoms with Crippen molar-refractivity contribution < 1.29 is 14.4 Å². The fraction of sp³-hybridized carbons (Fsp3) is 0.182. The average molecular weight is 453 g/mol. The van der Waals surface area contributed by atoms with Gasteiger partial charge in [-0.2, -0.15) is 5.01 Å². The van der Waals surface area contributed by atoms with Crippen LogP contribution < -0.4 is 10.7 Å². The predicted molar refractivity (Wildman–Crippen MR) is 120 cm³/mol. The first-order valence-corrected chi connectivity index (χ1v) is 11.4. The van der Waals surface area contributed by atoms with Gasteiger partial charge in [0.25, 0.3) is 5.91 Å².